The maximum absolute atomic E-state index is 10.1. The molecule has 1 saturated carbocycles. The van der Waals surface area contributed by atoms with E-state index >= 15 is 0 Å². The van der Waals surface area contributed by atoms with E-state index in [1.807, 2.05) is 0 Å². The molecule has 0 aromatic heterocycles. The number of aliphatic hydroxyl groups excluding tert-OH is 1. The van der Waals surface area contributed by atoms with Crippen molar-refractivity contribution in [1.29, 1.82) is 0 Å². The molecule has 2 rings (SSSR count). The summed E-state index contributed by atoms with van der Waals surface area (Å²) in [6, 6.07) is 8.65. The van der Waals surface area contributed by atoms with Gasteiger partial charge in [0.15, 0.2) is 0 Å². The summed E-state index contributed by atoms with van der Waals surface area (Å²) in [7, 11) is 0. The zero-order chi connectivity index (χ0) is 15.3. The van der Waals surface area contributed by atoms with Crippen LogP contribution in [0.1, 0.15) is 38.7 Å². The molecule has 2 N–H and O–H groups in total. The molecule has 3 nitrogen and oxygen atoms in total. The summed E-state index contributed by atoms with van der Waals surface area (Å²) >= 11 is 0. The van der Waals surface area contributed by atoms with Crippen LogP contribution in [0.2, 0.25) is 0 Å². The van der Waals surface area contributed by atoms with E-state index in [4.69, 9.17) is 0 Å². The molecule has 0 aliphatic heterocycles. The van der Waals surface area contributed by atoms with Crippen LogP contribution in [0.15, 0.2) is 24.3 Å². The predicted octanol–water partition coefficient (Wildman–Crippen LogP) is 2.96. The maximum Gasteiger partial charge on any atom is 0.0633 e. The number of aliphatic hydroxyl groups is 1. The SMILES string of the molecule is CCCNC(CO)(CN(CC)c1cccc(C)c1)C1CC1. The summed E-state index contributed by atoms with van der Waals surface area (Å²) in [5.41, 5.74) is 2.40. The van der Waals surface area contributed by atoms with E-state index in [-0.39, 0.29) is 12.1 Å². The minimum absolute atomic E-state index is 0.143. The van der Waals surface area contributed by atoms with Gasteiger partial charge in [0.25, 0.3) is 0 Å². The molecular weight excluding hydrogens is 260 g/mol. The Kier molecular flexibility index (Phi) is 5.65. The van der Waals surface area contributed by atoms with Crippen molar-refractivity contribution in [1.82, 2.24) is 5.32 Å². The van der Waals surface area contributed by atoms with Crippen molar-refractivity contribution >= 4 is 5.69 Å². The molecule has 1 aromatic carbocycles. The number of anilines is 1. The number of nitrogens with one attached hydrogen (secondary N) is 1. The Morgan fingerprint density at radius 2 is 2.10 bits per heavy atom. The highest BCUT2D eigenvalue weighted by atomic mass is 16.3. The van der Waals surface area contributed by atoms with Crippen molar-refractivity contribution in [2.24, 2.45) is 5.92 Å². The number of likely N-dealkylation sites (N-methyl/N-ethyl adjacent to an activating group) is 1. The van der Waals surface area contributed by atoms with Crippen molar-refractivity contribution in [3.05, 3.63) is 29.8 Å². The van der Waals surface area contributed by atoms with Crippen molar-refractivity contribution in [2.75, 3.05) is 31.1 Å². The maximum atomic E-state index is 10.1. The normalized spacial score (nSPS) is 17.5. The molecule has 1 aliphatic carbocycles. The van der Waals surface area contributed by atoms with Crippen LogP contribution in [0.25, 0.3) is 0 Å². The summed E-state index contributed by atoms with van der Waals surface area (Å²) in [5.74, 6) is 0.618. The third-order valence-corrected chi connectivity index (χ3v) is 4.59. The topological polar surface area (TPSA) is 35.5 Å². The fourth-order valence-corrected chi connectivity index (χ4v) is 3.13. The van der Waals surface area contributed by atoms with Gasteiger partial charge in [-0.3, -0.25) is 0 Å². The number of hydrogen-bond acceptors (Lipinski definition) is 3. The molecule has 118 valence electrons. The van der Waals surface area contributed by atoms with E-state index in [1.54, 1.807) is 0 Å². The Morgan fingerprint density at radius 3 is 2.62 bits per heavy atom. The summed E-state index contributed by atoms with van der Waals surface area (Å²) < 4.78 is 0. The second-order valence-electron chi connectivity index (χ2n) is 6.37. The molecule has 1 atom stereocenters. The van der Waals surface area contributed by atoms with Crippen molar-refractivity contribution < 1.29 is 5.11 Å². The van der Waals surface area contributed by atoms with Crippen LogP contribution in [-0.2, 0) is 0 Å². The van der Waals surface area contributed by atoms with E-state index in [0.29, 0.717) is 5.92 Å². The lowest BCUT2D eigenvalue weighted by atomic mass is 9.92. The highest BCUT2D eigenvalue weighted by Crippen LogP contribution is 2.40. The number of hydrogen-bond donors (Lipinski definition) is 2. The van der Waals surface area contributed by atoms with Crippen molar-refractivity contribution in [3.63, 3.8) is 0 Å². The third kappa shape index (κ3) is 3.98. The molecule has 21 heavy (non-hydrogen) atoms. The van der Waals surface area contributed by atoms with Crippen LogP contribution in [0.3, 0.4) is 0 Å². The average Bonchev–Trinajstić information content (AvgIpc) is 3.33. The number of benzene rings is 1. The molecule has 0 radical (unpaired) electrons. The van der Waals surface area contributed by atoms with Gasteiger partial charge in [-0.15, -0.1) is 0 Å². The molecule has 3 heteroatoms. The van der Waals surface area contributed by atoms with Crippen molar-refractivity contribution in [3.8, 4) is 0 Å². The van der Waals surface area contributed by atoms with Gasteiger partial charge in [-0.2, -0.15) is 0 Å². The molecule has 0 heterocycles. The smallest absolute Gasteiger partial charge is 0.0633 e. The molecule has 0 spiro atoms. The number of aryl methyl sites for hydroxylation is 1. The van der Waals surface area contributed by atoms with Crippen LogP contribution in [0, 0.1) is 12.8 Å². The van der Waals surface area contributed by atoms with Gasteiger partial charge >= 0.3 is 0 Å². The average molecular weight is 290 g/mol. The number of nitrogens with zero attached hydrogens (tertiary/aromatic N) is 1. The third-order valence-electron chi connectivity index (χ3n) is 4.59. The highest BCUT2D eigenvalue weighted by Gasteiger charge is 2.45. The van der Waals surface area contributed by atoms with Crippen LogP contribution >= 0.6 is 0 Å². The zero-order valence-electron chi connectivity index (χ0n) is 13.7. The zero-order valence-corrected chi connectivity index (χ0v) is 13.7. The van der Waals surface area contributed by atoms with Crippen molar-refractivity contribution in [2.45, 2.75) is 45.6 Å². The fourth-order valence-electron chi connectivity index (χ4n) is 3.13. The van der Waals surface area contributed by atoms with E-state index in [9.17, 15) is 5.11 Å². The lowest BCUT2D eigenvalue weighted by molar-refractivity contribution is 0.144. The monoisotopic (exact) mass is 290 g/mol. The minimum atomic E-state index is -0.143. The van der Waals surface area contributed by atoms with Gasteiger partial charge in [0.2, 0.25) is 0 Å². The second-order valence-corrected chi connectivity index (χ2v) is 6.37. The molecular formula is C18H30N2O. The van der Waals surface area contributed by atoms with Crippen LogP contribution in [0.5, 0.6) is 0 Å². The summed E-state index contributed by atoms with van der Waals surface area (Å²) in [6.07, 6.45) is 3.58. The Morgan fingerprint density at radius 1 is 1.33 bits per heavy atom. The summed E-state index contributed by atoms with van der Waals surface area (Å²) in [6.45, 7) is 9.55. The van der Waals surface area contributed by atoms with Gasteiger partial charge in [-0.05, 0) is 63.3 Å². The van der Waals surface area contributed by atoms with Crippen LogP contribution in [0.4, 0.5) is 5.69 Å². The Hall–Kier alpha value is -1.06. The second kappa shape index (κ2) is 7.28. The highest BCUT2D eigenvalue weighted by molar-refractivity contribution is 5.49. The van der Waals surface area contributed by atoms with Gasteiger partial charge < -0.3 is 15.3 Å². The molecule has 0 amide bonds. The lowest BCUT2D eigenvalue weighted by Gasteiger charge is -2.39. The predicted molar refractivity (Wildman–Crippen MR) is 89.9 cm³/mol. The summed E-state index contributed by atoms with van der Waals surface area (Å²) in [5, 5.41) is 13.7. The van der Waals surface area contributed by atoms with E-state index in [0.717, 1.165) is 26.1 Å². The quantitative estimate of drug-likeness (QED) is 0.734. The van der Waals surface area contributed by atoms with E-state index < -0.39 is 0 Å². The van der Waals surface area contributed by atoms with E-state index in [1.165, 1.54) is 24.1 Å². The molecule has 0 saturated heterocycles. The molecule has 1 unspecified atom stereocenters. The van der Waals surface area contributed by atoms with E-state index in [2.05, 4.69) is 55.3 Å². The van der Waals surface area contributed by atoms with Crippen LogP contribution < -0.4 is 10.2 Å². The Bertz CT molecular complexity index is 445. The Balaban J connectivity index is 2.16. The first-order valence-corrected chi connectivity index (χ1v) is 8.32. The molecule has 1 fully saturated rings. The van der Waals surface area contributed by atoms with Gasteiger partial charge in [-0.1, -0.05) is 19.1 Å². The minimum Gasteiger partial charge on any atom is -0.394 e. The fraction of sp³-hybridized carbons (Fsp3) is 0.667. The standard InChI is InChI=1S/C18H30N2O/c1-4-11-19-18(14-21,16-9-10-16)13-20(5-2)17-8-6-7-15(3)12-17/h6-8,12,16,19,21H,4-5,9-11,13-14H2,1-3H3. The first-order chi connectivity index (χ1) is 10.1. The number of rotatable bonds is 9. The lowest BCUT2D eigenvalue weighted by Crippen LogP contribution is -2.58. The van der Waals surface area contributed by atoms with Crippen LogP contribution in [-0.4, -0.2) is 36.9 Å². The Labute approximate surface area is 129 Å². The van der Waals surface area contributed by atoms with Gasteiger partial charge in [0.05, 0.1) is 12.1 Å². The first-order valence-electron chi connectivity index (χ1n) is 8.32. The largest absolute Gasteiger partial charge is 0.394 e. The molecule has 1 aliphatic rings. The molecule has 0 bridgehead atoms. The van der Waals surface area contributed by atoms with Gasteiger partial charge in [0.1, 0.15) is 0 Å². The van der Waals surface area contributed by atoms with Gasteiger partial charge in [-0.25, -0.2) is 0 Å². The molecule has 1 aromatic rings. The van der Waals surface area contributed by atoms with Gasteiger partial charge in [0, 0.05) is 18.8 Å². The first kappa shape index (κ1) is 16.3. The summed E-state index contributed by atoms with van der Waals surface area (Å²) in [4.78, 5) is 2.39.